The zero-order valence-electron chi connectivity index (χ0n) is 12.7. The van der Waals surface area contributed by atoms with E-state index >= 15 is 0 Å². The zero-order valence-corrected chi connectivity index (χ0v) is 13.5. The predicted octanol–water partition coefficient (Wildman–Crippen LogP) is 4.12. The van der Waals surface area contributed by atoms with E-state index in [4.69, 9.17) is 11.6 Å². The standard InChI is InChI=1S/C16H23ClF2N2/c1-12(5-6-14(20-3)15(2,18)19)16-9-13(16)10-21(11-16)8-4-7-17/h5-6,13H,3-4,7-11H2,1-2H3/b12-5+,14-6-/t13-,16+/m1/s1. The summed E-state index contributed by atoms with van der Waals surface area (Å²) in [6.07, 6.45) is 5.37. The van der Waals surface area contributed by atoms with Gasteiger partial charge in [-0.1, -0.05) is 11.6 Å². The molecule has 2 nitrogen and oxygen atoms in total. The maximum absolute atomic E-state index is 13.3. The molecule has 2 fully saturated rings. The van der Waals surface area contributed by atoms with Crippen LogP contribution in [0.4, 0.5) is 8.78 Å². The van der Waals surface area contributed by atoms with Gasteiger partial charge in [0.15, 0.2) is 0 Å². The largest absolute Gasteiger partial charge is 0.302 e. The zero-order chi connectivity index (χ0) is 15.7. The molecule has 21 heavy (non-hydrogen) atoms. The van der Waals surface area contributed by atoms with Crippen LogP contribution in [-0.2, 0) is 0 Å². The summed E-state index contributed by atoms with van der Waals surface area (Å²) in [5, 5.41) is 0. The van der Waals surface area contributed by atoms with Gasteiger partial charge >= 0.3 is 0 Å². The topological polar surface area (TPSA) is 15.6 Å². The summed E-state index contributed by atoms with van der Waals surface area (Å²) in [6.45, 7) is 9.25. The van der Waals surface area contributed by atoms with Crippen molar-refractivity contribution in [1.29, 1.82) is 0 Å². The fourth-order valence-corrected chi connectivity index (χ4v) is 3.48. The number of fused-ring (bicyclic) bond motifs is 1. The van der Waals surface area contributed by atoms with Crippen LogP contribution in [0.15, 0.2) is 28.4 Å². The Morgan fingerprint density at radius 2 is 2.24 bits per heavy atom. The highest BCUT2D eigenvalue weighted by atomic mass is 35.5. The van der Waals surface area contributed by atoms with E-state index in [0.29, 0.717) is 11.8 Å². The van der Waals surface area contributed by atoms with Gasteiger partial charge in [-0.15, -0.1) is 11.6 Å². The quantitative estimate of drug-likeness (QED) is 0.392. The first-order valence-electron chi connectivity index (χ1n) is 7.36. The van der Waals surface area contributed by atoms with Gasteiger partial charge in [0.1, 0.15) is 5.70 Å². The van der Waals surface area contributed by atoms with Crippen molar-refractivity contribution >= 4 is 18.3 Å². The summed E-state index contributed by atoms with van der Waals surface area (Å²) in [7, 11) is 0. The predicted molar refractivity (Wildman–Crippen MR) is 84.3 cm³/mol. The Morgan fingerprint density at radius 1 is 1.52 bits per heavy atom. The summed E-state index contributed by atoms with van der Waals surface area (Å²) >= 11 is 5.73. The Morgan fingerprint density at radius 3 is 2.81 bits per heavy atom. The molecule has 0 spiro atoms. The number of alkyl halides is 3. The lowest BCUT2D eigenvalue weighted by Crippen LogP contribution is -2.26. The first-order chi connectivity index (χ1) is 9.83. The lowest BCUT2D eigenvalue weighted by Gasteiger charge is -2.20. The molecule has 2 atom stereocenters. The maximum Gasteiger partial charge on any atom is 0.286 e. The molecular formula is C16H23ClF2N2. The molecule has 0 N–H and O–H groups in total. The van der Waals surface area contributed by atoms with Crippen molar-refractivity contribution in [3.8, 4) is 0 Å². The fraction of sp³-hybridized carbons (Fsp3) is 0.688. The molecule has 0 amide bonds. The molecule has 0 bridgehead atoms. The normalized spacial score (nSPS) is 30.4. The average molecular weight is 317 g/mol. The van der Waals surface area contributed by atoms with Gasteiger partial charge in [0.05, 0.1) is 0 Å². The highest BCUT2D eigenvalue weighted by Gasteiger charge is 2.60. The van der Waals surface area contributed by atoms with Gasteiger partial charge in [-0.2, -0.15) is 8.78 Å². The molecule has 2 aliphatic rings. The van der Waals surface area contributed by atoms with Crippen LogP contribution in [0, 0.1) is 11.3 Å². The van der Waals surface area contributed by atoms with E-state index in [9.17, 15) is 8.78 Å². The van der Waals surface area contributed by atoms with Gasteiger partial charge in [-0.05, 0) is 45.0 Å². The third-order valence-corrected chi connectivity index (χ3v) is 4.99. The average Bonchev–Trinajstić information content (AvgIpc) is 2.98. The SMILES string of the molecule is C=N/C(=C\C=C(/C)[C@@]12C[C@@H]1CN(CCCCl)C2)C(C)(F)F. The highest BCUT2D eigenvalue weighted by molar-refractivity contribution is 6.17. The van der Waals surface area contributed by atoms with E-state index in [1.165, 1.54) is 18.1 Å². The molecule has 0 aromatic heterocycles. The minimum absolute atomic E-state index is 0.193. The molecule has 118 valence electrons. The van der Waals surface area contributed by atoms with Crippen LogP contribution in [0.5, 0.6) is 0 Å². The number of likely N-dealkylation sites (tertiary alicyclic amines) is 1. The van der Waals surface area contributed by atoms with Crippen LogP contribution in [0.25, 0.3) is 0 Å². The van der Waals surface area contributed by atoms with Crippen LogP contribution < -0.4 is 0 Å². The van der Waals surface area contributed by atoms with E-state index < -0.39 is 5.92 Å². The van der Waals surface area contributed by atoms with E-state index in [2.05, 4.69) is 16.6 Å². The van der Waals surface area contributed by atoms with Gasteiger partial charge in [-0.3, -0.25) is 4.99 Å². The smallest absolute Gasteiger partial charge is 0.286 e. The Hall–Kier alpha value is -0.740. The van der Waals surface area contributed by atoms with Crippen LogP contribution in [-0.4, -0.2) is 43.1 Å². The van der Waals surface area contributed by atoms with Crippen LogP contribution in [0.1, 0.15) is 26.7 Å². The van der Waals surface area contributed by atoms with Crippen molar-refractivity contribution in [2.24, 2.45) is 16.3 Å². The molecular weight excluding hydrogens is 294 g/mol. The molecule has 5 heteroatoms. The molecule has 2 rings (SSSR count). The van der Waals surface area contributed by atoms with Crippen molar-refractivity contribution < 1.29 is 8.78 Å². The van der Waals surface area contributed by atoms with E-state index in [0.717, 1.165) is 33.0 Å². The third kappa shape index (κ3) is 3.54. The summed E-state index contributed by atoms with van der Waals surface area (Å²) < 4.78 is 26.5. The summed E-state index contributed by atoms with van der Waals surface area (Å²) in [5.74, 6) is -1.59. The number of hydrogen-bond donors (Lipinski definition) is 0. The first kappa shape index (κ1) is 16.6. The highest BCUT2D eigenvalue weighted by Crippen LogP contribution is 2.62. The van der Waals surface area contributed by atoms with Gasteiger partial charge in [0.2, 0.25) is 0 Å². The van der Waals surface area contributed by atoms with E-state index in [1.54, 1.807) is 6.08 Å². The number of aliphatic imine (C=N–C) groups is 1. The number of allylic oxidation sites excluding steroid dienone is 3. The van der Waals surface area contributed by atoms with Crippen LogP contribution in [0.3, 0.4) is 0 Å². The fourth-order valence-electron chi connectivity index (χ4n) is 3.36. The molecule has 0 aromatic carbocycles. The second kappa shape index (κ2) is 6.17. The molecule has 0 aromatic rings. The van der Waals surface area contributed by atoms with Crippen LogP contribution in [0.2, 0.25) is 0 Å². The van der Waals surface area contributed by atoms with Crippen LogP contribution >= 0.6 is 11.6 Å². The van der Waals surface area contributed by atoms with Crippen molar-refractivity contribution in [2.75, 3.05) is 25.5 Å². The lowest BCUT2D eigenvalue weighted by molar-refractivity contribution is 0.0623. The number of halogens is 3. The third-order valence-electron chi connectivity index (χ3n) is 4.72. The molecule has 1 saturated carbocycles. The molecule has 1 saturated heterocycles. The van der Waals surface area contributed by atoms with Gasteiger partial charge in [-0.25, -0.2) is 0 Å². The minimum Gasteiger partial charge on any atom is -0.302 e. The van der Waals surface area contributed by atoms with E-state index in [1.807, 2.05) is 6.92 Å². The Kier molecular flexibility index (Phi) is 4.89. The van der Waals surface area contributed by atoms with Gasteiger partial charge in [0.25, 0.3) is 5.92 Å². The maximum atomic E-state index is 13.3. The minimum atomic E-state index is -2.94. The molecule has 1 aliphatic heterocycles. The molecule has 0 unspecified atom stereocenters. The van der Waals surface area contributed by atoms with E-state index in [-0.39, 0.29) is 11.1 Å². The number of rotatable bonds is 7. The molecule has 1 aliphatic carbocycles. The molecule has 0 radical (unpaired) electrons. The monoisotopic (exact) mass is 316 g/mol. The second-order valence-electron chi connectivity index (χ2n) is 6.28. The second-order valence-corrected chi connectivity index (χ2v) is 6.66. The molecule has 1 heterocycles. The number of piperidine rings is 1. The number of hydrogen-bond acceptors (Lipinski definition) is 2. The Balaban J connectivity index is 2.04. The van der Waals surface area contributed by atoms with Crippen molar-refractivity contribution in [3.63, 3.8) is 0 Å². The lowest BCUT2D eigenvalue weighted by atomic mass is 9.95. The van der Waals surface area contributed by atoms with Crippen molar-refractivity contribution in [2.45, 2.75) is 32.6 Å². The summed E-state index contributed by atoms with van der Waals surface area (Å²) in [5.41, 5.74) is 1.09. The Labute approximate surface area is 130 Å². The van der Waals surface area contributed by atoms with Crippen molar-refractivity contribution in [1.82, 2.24) is 4.90 Å². The number of nitrogens with zero attached hydrogens (tertiary/aromatic N) is 2. The Bertz CT molecular complexity index is 467. The van der Waals surface area contributed by atoms with Gasteiger partial charge in [0, 0.05) is 31.3 Å². The van der Waals surface area contributed by atoms with Crippen molar-refractivity contribution in [3.05, 3.63) is 23.4 Å². The van der Waals surface area contributed by atoms with Gasteiger partial charge < -0.3 is 4.90 Å². The summed E-state index contributed by atoms with van der Waals surface area (Å²) in [4.78, 5) is 5.87. The summed E-state index contributed by atoms with van der Waals surface area (Å²) in [6, 6.07) is 0. The first-order valence-corrected chi connectivity index (χ1v) is 7.89.